The van der Waals surface area contributed by atoms with E-state index in [2.05, 4.69) is 30.1 Å². The normalized spacial score (nSPS) is 12.5. The molecule has 1 N–H and O–H groups in total. The molecule has 0 radical (unpaired) electrons. The molecule has 1 aliphatic rings. The lowest BCUT2D eigenvalue weighted by molar-refractivity contribution is -0.160. The Kier molecular flexibility index (Phi) is 12.1. The highest BCUT2D eigenvalue weighted by molar-refractivity contribution is 7.94. The van der Waals surface area contributed by atoms with Crippen LogP contribution in [0.5, 0.6) is 23.0 Å². The Morgan fingerprint density at radius 2 is 1.37 bits per heavy atom. The van der Waals surface area contributed by atoms with Crippen molar-refractivity contribution in [2.75, 3.05) is 32.1 Å². The molecular formula is C36H34F2N8O7S. The van der Waals surface area contributed by atoms with Crippen molar-refractivity contribution in [2.24, 2.45) is 14.1 Å². The van der Waals surface area contributed by atoms with Gasteiger partial charge in [-0.05, 0) is 49.2 Å². The highest BCUT2D eigenvalue weighted by Gasteiger charge is 2.19. The molecule has 1 fully saturated rings. The van der Waals surface area contributed by atoms with Crippen LogP contribution in [0, 0.1) is 11.6 Å². The predicted octanol–water partition coefficient (Wildman–Crippen LogP) is 5.53. The number of benzene rings is 2. The lowest BCUT2D eigenvalue weighted by Gasteiger charge is -2.15. The molecule has 2 aromatic carbocycles. The van der Waals surface area contributed by atoms with E-state index in [1.807, 2.05) is 4.90 Å². The Balaban J connectivity index is 0.000000189. The first-order valence-corrected chi connectivity index (χ1v) is 17.3. The van der Waals surface area contributed by atoms with E-state index in [1.54, 1.807) is 31.4 Å². The monoisotopic (exact) mass is 760 g/mol. The molecule has 54 heavy (non-hydrogen) atoms. The number of anilines is 1. The van der Waals surface area contributed by atoms with Crippen molar-refractivity contribution in [3.63, 3.8) is 0 Å². The maximum absolute atomic E-state index is 13.9. The van der Waals surface area contributed by atoms with E-state index in [4.69, 9.17) is 13.8 Å². The quantitative estimate of drug-likeness (QED) is 0.0545. The van der Waals surface area contributed by atoms with Crippen LogP contribution in [-0.2, 0) is 28.1 Å². The first-order chi connectivity index (χ1) is 26.1. The van der Waals surface area contributed by atoms with Gasteiger partial charge in [0.15, 0.2) is 34.6 Å². The van der Waals surface area contributed by atoms with E-state index < -0.39 is 22.8 Å². The molecule has 5 heterocycles. The van der Waals surface area contributed by atoms with E-state index in [0.29, 0.717) is 47.5 Å². The third-order valence-electron chi connectivity index (χ3n) is 8.16. The fourth-order valence-electron chi connectivity index (χ4n) is 5.46. The number of carbonyl (C=O) groups excluding carboxylic acids is 1. The molecule has 0 bridgehead atoms. The second-order valence-corrected chi connectivity index (χ2v) is 12.5. The average Bonchev–Trinajstić information content (AvgIpc) is 3.59. The van der Waals surface area contributed by atoms with Gasteiger partial charge in [0.25, 0.3) is 11.1 Å². The maximum Gasteiger partial charge on any atom is 0.294 e. The van der Waals surface area contributed by atoms with E-state index in [1.165, 1.54) is 72.0 Å². The van der Waals surface area contributed by atoms with Gasteiger partial charge >= 0.3 is 0 Å². The number of pyridine rings is 2. The van der Waals surface area contributed by atoms with Crippen molar-refractivity contribution < 1.29 is 32.3 Å². The summed E-state index contributed by atoms with van der Waals surface area (Å²) in [7, 11) is 4.47. The van der Waals surface area contributed by atoms with E-state index >= 15 is 0 Å². The molecule has 15 nitrogen and oxygen atoms in total. The Hall–Kier alpha value is -5.98. The molecule has 0 saturated carbocycles. The molecular weight excluding hydrogens is 727 g/mol. The molecule has 6 aromatic rings. The number of rotatable bonds is 12. The summed E-state index contributed by atoms with van der Waals surface area (Å²) in [4.78, 5) is 60.0. The maximum atomic E-state index is 13.9. The van der Waals surface area contributed by atoms with Gasteiger partial charge in [0, 0.05) is 63.3 Å². The molecule has 18 heteroatoms. The third-order valence-corrected chi connectivity index (χ3v) is 8.71. The lowest BCUT2D eigenvalue weighted by Crippen LogP contribution is -2.27. The summed E-state index contributed by atoms with van der Waals surface area (Å²) in [5.41, 5.74) is -0.0535. The Morgan fingerprint density at radius 1 is 0.796 bits per heavy atom. The van der Waals surface area contributed by atoms with E-state index in [9.17, 15) is 23.2 Å². The molecule has 1 aliphatic heterocycles. The number of fused-ring (bicyclic) bond motifs is 2. The summed E-state index contributed by atoms with van der Waals surface area (Å²) in [6, 6.07) is 14.7. The zero-order valence-corrected chi connectivity index (χ0v) is 30.1. The van der Waals surface area contributed by atoms with Crippen LogP contribution in [0.25, 0.3) is 22.1 Å². The zero-order chi connectivity index (χ0) is 38.2. The van der Waals surface area contributed by atoms with Gasteiger partial charge in [-0.15, -0.1) is 0 Å². The Bertz CT molecular complexity index is 2430. The summed E-state index contributed by atoms with van der Waals surface area (Å²) in [5.74, 6) is -0.582. The van der Waals surface area contributed by atoms with Crippen molar-refractivity contribution >= 4 is 46.0 Å². The fourth-order valence-corrected chi connectivity index (χ4v) is 5.81. The summed E-state index contributed by atoms with van der Waals surface area (Å²) in [6.07, 6.45) is 5.44. The first-order valence-electron chi connectivity index (χ1n) is 16.6. The number of nitrogens with one attached hydrogen (secondary N) is 1. The zero-order valence-electron chi connectivity index (χ0n) is 29.3. The fraction of sp³-hybridized carbons (Fsp3) is 0.250. The molecule has 0 atom stereocenters. The number of aryl methyl sites for hydroxylation is 2. The standard InChI is InChI=1S/C21H22FN5O3.C15H12FN3O4S/c1-26-19-14(12-17(20(26)29)30-16-7-3-2-6-15(16)22)13-24-21(25-19)23-9-5-11-27-10-4-8-18(27)28;1-19-13-9(8-17-15(18-13)24-23-21-2)7-12(14(19)20)22-11-6-4-3-5-10(11)16/h2-3,6-7,12-13H,4-5,8-11H2,1H3,(H,23,24,25);3-8H,1-2H3. The lowest BCUT2D eigenvalue weighted by atomic mass is 10.3. The van der Waals surface area contributed by atoms with Crippen molar-refractivity contribution in [1.82, 2.24) is 34.0 Å². The summed E-state index contributed by atoms with van der Waals surface area (Å²) < 4.78 is 45.8. The third kappa shape index (κ3) is 8.79. The van der Waals surface area contributed by atoms with Crippen LogP contribution in [0.2, 0.25) is 0 Å². The highest BCUT2D eigenvalue weighted by atomic mass is 32.2. The molecule has 0 spiro atoms. The average molecular weight is 761 g/mol. The van der Waals surface area contributed by atoms with Gasteiger partial charge in [-0.2, -0.15) is 9.32 Å². The topological polar surface area (TPSA) is 165 Å². The molecule has 0 aliphatic carbocycles. The van der Waals surface area contributed by atoms with Gasteiger partial charge in [0.2, 0.25) is 17.0 Å². The second kappa shape index (κ2) is 17.2. The smallest absolute Gasteiger partial charge is 0.294 e. The van der Waals surface area contributed by atoms with Crippen molar-refractivity contribution in [1.29, 1.82) is 0 Å². The van der Waals surface area contributed by atoms with E-state index in [0.717, 1.165) is 31.4 Å². The summed E-state index contributed by atoms with van der Waals surface area (Å²) in [5, 5.41) is 4.56. The number of ether oxygens (including phenoxy) is 2. The van der Waals surface area contributed by atoms with Crippen LogP contribution in [0.4, 0.5) is 14.7 Å². The van der Waals surface area contributed by atoms with Crippen LogP contribution < -0.4 is 25.9 Å². The number of para-hydroxylation sites is 2. The summed E-state index contributed by atoms with van der Waals surface area (Å²) in [6.45, 7) is 2.14. The number of carbonyl (C=O) groups is 1. The molecule has 4 aromatic heterocycles. The highest BCUT2D eigenvalue weighted by Crippen LogP contribution is 2.26. The van der Waals surface area contributed by atoms with Gasteiger partial charge in [0.1, 0.15) is 23.3 Å². The van der Waals surface area contributed by atoms with Crippen LogP contribution in [0.1, 0.15) is 19.3 Å². The Labute approximate surface area is 310 Å². The number of hydrogen-bond donors (Lipinski definition) is 1. The largest absolute Gasteiger partial charge is 0.448 e. The number of halogens is 2. The first kappa shape index (κ1) is 37.8. The minimum absolute atomic E-state index is 0.00492. The van der Waals surface area contributed by atoms with Crippen molar-refractivity contribution in [2.45, 2.75) is 24.4 Å². The van der Waals surface area contributed by atoms with Crippen LogP contribution >= 0.6 is 12.0 Å². The number of likely N-dealkylation sites (tertiary alicyclic amines) is 1. The van der Waals surface area contributed by atoms with Gasteiger partial charge in [-0.25, -0.2) is 28.6 Å². The second-order valence-electron chi connectivity index (χ2n) is 11.8. The van der Waals surface area contributed by atoms with Crippen LogP contribution in [0.3, 0.4) is 0 Å². The summed E-state index contributed by atoms with van der Waals surface area (Å²) >= 11 is 0.818. The van der Waals surface area contributed by atoms with Crippen molar-refractivity contribution in [3.8, 4) is 23.0 Å². The molecule has 1 amide bonds. The number of amides is 1. The molecule has 7 rings (SSSR count). The van der Waals surface area contributed by atoms with Gasteiger partial charge in [-0.1, -0.05) is 24.3 Å². The van der Waals surface area contributed by atoms with Crippen molar-refractivity contribution in [3.05, 3.63) is 105 Å². The van der Waals surface area contributed by atoms with Gasteiger partial charge < -0.3 is 19.7 Å². The SMILES string of the molecule is COOSc1ncc2cc(Oc3ccccc3F)c(=O)n(C)c2n1.Cn1c(=O)c(Oc2ccccc2F)cc2cnc(NCCCN3CCCC3=O)nc21. The number of hydrogen-bond acceptors (Lipinski definition) is 13. The van der Waals surface area contributed by atoms with Gasteiger partial charge in [-0.3, -0.25) is 23.5 Å². The van der Waals surface area contributed by atoms with Crippen LogP contribution in [0.15, 0.2) is 87.8 Å². The number of aromatic nitrogens is 6. The number of nitrogens with zero attached hydrogens (tertiary/aromatic N) is 7. The molecule has 0 unspecified atom stereocenters. The predicted molar refractivity (Wildman–Crippen MR) is 195 cm³/mol. The minimum Gasteiger partial charge on any atom is -0.448 e. The molecule has 280 valence electrons. The Morgan fingerprint density at radius 3 is 1.93 bits per heavy atom. The minimum atomic E-state index is -0.556. The molecule has 1 saturated heterocycles. The van der Waals surface area contributed by atoms with Crippen LogP contribution in [-0.4, -0.2) is 66.6 Å². The van der Waals surface area contributed by atoms with Gasteiger partial charge in [0.05, 0.1) is 7.11 Å². The van der Waals surface area contributed by atoms with E-state index in [-0.39, 0.29) is 34.1 Å².